The van der Waals surface area contributed by atoms with Crippen molar-refractivity contribution in [2.45, 2.75) is 38.3 Å². The molecule has 2 aliphatic rings. The number of amides is 1. The van der Waals surface area contributed by atoms with Crippen molar-refractivity contribution < 1.29 is 29.3 Å². The highest BCUT2D eigenvalue weighted by molar-refractivity contribution is 6.08. The van der Waals surface area contributed by atoms with Crippen LogP contribution in [-0.4, -0.2) is 53.2 Å². The van der Waals surface area contributed by atoms with Gasteiger partial charge < -0.3 is 24.6 Å². The minimum Gasteiger partial charge on any atom is -0.504 e. The number of benzene rings is 1. The Bertz CT molecular complexity index is 750. The van der Waals surface area contributed by atoms with Gasteiger partial charge in [-0.1, -0.05) is 13.0 Å². The molecule has 1 amide bonds. The number of ether oxygens (including phenoxy) is 2. The minimum atomic E-state index is -0.754. The number of hydrogen-bond acceptors (Lipinski definition) is 6. The van der Waals surface area contributed by atoms with E-state index in [2.05, 4.69) is 0 Å². The number of phenols is 1. The topological polar surface area (TPSA) is 96.3 Å². The van der Waals surface area contributed by atoms with Crippen LogP contribution in [0.25, 0.3) is 0 Å². The average molecular weight is 361 g/mol. The van der Waals surface area contributed by atoms with Crippen LogP contribution in [0, 0.1) is 0 Å². The normalized spacial score (nSPS) is 23.0. The Morgan fingerprint density at radius 1 is 1.38 bits per heavy atom. The van der Waals surface area contributed by atoms with Crippen molar-refractivity contribution in [3.63, 3.8) is 0 Å². The Hall–Kier alpha value is -2.54. The fourth-order valence-electron chi connectivity index (χ4n) is 3.55. The highest BCUT2D eigenvalue weighted by Crippen LogP contribution is 2.41. The molecule has 7 heteroatoms. The molecular weight excluding hydrogens is 338 g/mol. The van der Waals surface area contributed by atoms with Crippen LogP contribution in [0.1, 0.15) is 37.8 Å². The third-order valence-electron chi connectivity index (χ3n) is 4.87. The zero-order valence-electron chi connectivity index (χ0n) is 14.9. The van der Waals surface area contributed by atoms with E-state index in [0.717, 1.165) is 12.8 Å². The Labute approximate surface area is 151 Å². The van der Waals surface area contributed by atoms with Crippen LogP contribution in [0.15, 0.2) is 29.5 Å². The lowest BCUT2D eigenvalue weighted by Crippen LogP contribution is -2.37. The number of carbonyl (C=O) groups excluding carboxylic acids is 2. The molecule has 0 radical (unpaired) electrons. The van der Waals surface area contributed by atoms with E-state index in [9.17, 15) is 19.8 Å². The molecule has 1 aromatic carbocycles. The summed E-state index contributed by atoms with van der Waals surface area (Å²) in [6, 6.07) is 3.96. The molecule has 2 atom stereocenters. The molecular formula is C19H23NO6. The maximum absolute atomic E-state index is 12.6. The summed E-state index contributed by atoms with van der Waals surface area (Å²) >= 11 is 0. The fourth-order valence-corrected chi connectivity index (χ4v) is 3.55. The van der Waals surface area contributed by atoms with Crippen LogP contribution < -0.4 is 4.74 Å². The van der Waals surface area contributed by atoms with E-state index >= 15 is 0 Å². The lowest BCUT2D eigenvalue weighted by molar-refractivity contribution is -0.131. The smallest absolute Gasteiger partial charge is 0.290 e. The second kappa shape index (κ2) is 7.37. The molecule has 0 spiro atoms. The van der Waals surface area contributed by atoms with Gasteiger partial charge in [-0.05, 0) is 30.5 Å². The van der Waals surface area contributed by atoms with Gasteiger partial charge in [-0.3, -0.25) is 9.59 Å². The van der Waals surface area contributed by atoms with Crippen molar-refractivity contribution in [3.05, 3.63) is 35.1 Å². The van der Waals surface area contributed by atoms with Crippen LogP contribution in [0.5, 0.6) is 11.5 Å². The number of Topliss-reactive ketones (excluding diaryl/α,β-unsaturated/α-hetero) is 1. The molecule has 0 aliphatic carbocycles. The third kappa shape index (κ3) is 3.14. The molecule has 140 valence electrons. The van der Waals surface area contributed by atoms with Gasteiger partial charge in [0.25, 0.3) is 5.91 Å². The van der Waals surface area contributed by atoms with Gasteiger partial charge in [-0.2, -0.15) is 0 Å². The molecule has 1 aromatic rings. The lowest BCUT2D eigenvalue weighted by atomic mass is 9.94. The number of ketones is 1. The number of carbonyl (C=O) groups is 2. The number of rotatable bonds is 6. The summed E-state index contributed by atoms with van der Waals surface area (Å²) in [5, 5.41) is 20.5. The van der Waals surface area contributed by atoms with Gasteiger partial charge in [0, 0.05) is 19.6 Å². The predicted octanol–water partition coefficient (Wildman–Crippen LogP) is 2.25. The first-order valence-corrected chi connectivity index (χ1v) is 8.73. The number of methoxy groups -OCH3 is 1. The molecule has 0 aromatic heterocycles. The van der Waals surface area contributed by atoms with Crippen LogP contribution in [0.4, 0.5) is 0 Å². The van der Waals surface area contributed by atoms with Gasteiger partial charge in [-0.25, -0.2) is 0 Å². The van der Waals surface area contributed by atoms with E-state index in [4.69, 9.17) is 9.47 Å². The molecule has 0 bridgehead atoms. The van der Waals surface area contributed by atoms with Gasteiger partial charge in [-0.15, -0.1) is 0 Å². The van der Waals surface area contributed by atoms with Gasteiger partial charge in [0.2, 0.25) is 0 Å². The molecule has 26 heavy (non-hydrogen) atoms. The highest BCUT2D eigenvalue weighted by Gasteiger charge is 2.44. The van der Waals surface area contributed by atoms with Crippen LogP contribution >= 0.6 is 0 Å². The molecule has 7 nitrogen and oxygen atoms in total. The molecule has 0 saturated carbocycles. The van der Waals surface area contributed by atoms with Crippen LogP contribution in [0.2, 0.25) is 0 Å². The van der Waals surface area contributed by atoms with Crippen molar-refractivity contribution in [2.24, 2.45) is 0 Å². The van der Waals surface area contributed by atoms with Crippen LogP contribution in [0.3, 0.4) is 0 Å². The number of hydrogen-bond donors (Lipinski definition) is 2. The summed E-state index contributed by atoms with van der Waals surface area (Å²) in [5.41, 5.74) is 0.607. The summed E-state index contributed by atoms with van der Waals surface area (Å²) in [6.45, 7) is 2.60. The zero-order chi connectivity index (χ0) is 18.8. The highest BCUT2D eigenvalue weighted by atomic mass is 16.5. The van der Waals surface area contributed by atoms with E-state index in [0.29, 0.717) is 17.9 Å². The second-order valence-corrected chi connectivity index (χ2v) is 6.47. The van der Waals surface area contributed by atoms with E-state index in [-0.39, 0.29) is 36.2 Å². The van der Waals surface area contributed by atoms with Gasteiger partial charge in [0.05, 0.1) is 24.8 Å². The summed E-state index contributed by atoms with van der Waals surface area (Å²) in [4.78, 5) is 26.5. The van der Waals surface area contributed by atoms with Crippen molar-refractivity contribution in [3.8, 4) is 11.5 Å². The van der Waals surface area contributed by atoms with E-state index in [1.165, 1.54) is 18.1 Å². The summed E-state index contributed by atoms with van der Waals surface area (Å²) in [6.07, 6.45) is 1.78. The van der Waals surface area contributed by atoms with Crippen molar-refractivity contribution in [1.82, 2.24) is 4.90 Å². The van der Waals surface area contributed by atoms with Gasteiger partial charge in [0.1, 0.15) is 0 Å². The van der Waals surface area contributed by atoms with Crippen LogP contribution in [-0.2, 0) is 14.3 Å². The van der Waals surface area contributed by atoms with Crippen molar-refractivity contribution >= 4 is 11.7 Å². The largest absolute Gasteiger partial charge is 0.504 e. The van der Waals surface area contributed by atoms with E-state index in [1.807, 2.05) is 0 Å². The molecule has 2 aliphatic heterocycles. The third-order valence-corrected chi connectivity index (χ3v) is 4.87. The maximum atomic E-state index is 12.6. The molecule has 2 heterocycles. The second-order valence-electron chi connectivity index (χ2n) is 6.47. The SMILES string of the molecule is CCC(=O)C1=C(O)C(=O)N(CC2CCCO2)C1c1ccc(OC)c(O)c1. The number of aliphatic hydroxyl groups excluding tert-OH is 1. The summed E-state index contributed by atoms with van der Waals surface area (Å²) in [5.74, 6) is -1.21. The number of aliphatic hydroxyl groups is 1. The Balaban J connectivity index is 2.02. The zero-order valence-corrected chi connectivity index (χ0v) is 14.9. The minimum absolute atomic E-state index is 0.0695. The molecule has 2 N–H and O–H groups in total. The fraction of sp³-hybridized carbons (Fsp3) is 0.474. The summed E-state index contributed by atoms with van der Waals surface area (Å²) in [7, 11) is 1.44. The van der Waals surface area contributed by atoms with E-state index in [1.54, 1.807) is 19.1 Å². The number of nitrogens with zero attached hydrogens (tertiary/aromatic N) is 1. The number of aromatic hydroxyl groups is 1. The Morgan fingerprint density at radius 2 is 2.15 bits per heavy atom. The standard InChI is InChI=1S/C19H23NO6/c1-3-13(21)16-17(11-6-7-15(25-2)14(22)9-11)20(19(24)18(16)23)10-12-5-4-8-26-12/h6-7,9,12,17,22-23H,3-5,8,10H2,1-2H3. The monoisotopic (exact) mass is 361 g/mol. The molecule has 2 unspecified atom stereocenters. The Kier molecular flexibility index (Phi) is 5.18. The maximum Gasteiger partial charge on any atom is 0.290 e. The summed E-state index contributed by atoms with van der Waals surface area (Å²) < 4.78 is 10.7. The Morgan fingerprint density at radius 3 is 2.73 bits per heavy atom. The first kappa shape index (κ1) is 18.3. The number of phenolic OH excluding ortho intramolecular Hbond substituents is 1. The van der Waals surface area contributed by atoms with Gasteiger partial charge in [0.15, 0.2) is 23.0 Å². The van der Waals surface area contributed by atoms with Crippen molar-refractivity contribution in [2.75, 3.05) is 20.3 Å². The van der Waals surface area contributed by atoms with E-state index < -0.39 is 17.7 Å². The average Bonchev–Trinajstić information content (AvgIpc) is 3.23. The predicted molar refractivity (Wildman–Crippen MR) is 93.0 cm³/mol. The quantitative estimate of drug-likeness (QED) is 0.807. The first-order valence-electron chi connectivity index (χ1n) is 8.73. The molecule has 1 fully saturated rings. The van der Waals surface area contributed by atoms with Crippen molar-refractivity contribution in [1.29, 1.82) is 0 Å². The van der Waals surface area contributed by atoms with Gasteiger partial charge >= 0.3 is 0 Å². The molecule has 1 saturated heterocycles. The lowest BCUT2D eigenvalue weighted by Gasteiger charge is -2.29. The molecule has 3 rings (SSSR count). The first-order chi connectivity index (χ1) is 12.5.